The molecule has 0 unspecified atom stereocenters. The number of aromatic nitrogens is 1. The fraction of sp³-hybridized carbons (Fsp3) is 0.150. The highest BCUT2D eigenvalue weighted by Crippen LogP contribution is 2.38. The maximum atomic E-state index is 14.1. The molecule has 7 nitrogen and oxygen atoms in total. The Morgan fingerprint density at radius 2 is 1.77 bits per heavy atom. The number of aryl methyl sites for hydroxylation is 1. The number of anilines is 1. The van der Waals surface area contributed by atoms with Gasteiger partial charge in [0.25, 0.3) is 5.56 Å². The highest BCUT2D eigenvalue weighted by Gasteiger charge is 2.17. The van der Waals surface area contributed by atoms with Gasteiger partial charge in [0.05, 0.1) is 5.75 Å². The zero-order chi connectivity index (χ0) is 22.1. The minimum absolute atomic E-state index is 0.0921. The fourth-order valence-corrected chi connectivity index (χ4v) is 3.34. The molecule has 10 heteroatoms. The Bertz CT molecular complexity index is 1270. The number of pyridine rings is 1. The van der Waals surface area contributed by atoms with Gasteiger partial charge < -0.3 is 14.8 Å². The summed E-state index contributed by atoms with van der Waals surface area (Å²) in [5, 5.41) is 9.84. The van der Waals surface area contributed by atoms with Gasteiger partial charge >= 0.3 is 0 Å². The molecule has 30 heavy (non-hydrogen) atoms. The Morgan fingerprint density at radius 1 is 1.07 bits per heavy atom. The lowest BCUT2D eigenvalue weighted by Gasteiger charge is -2.16. The molecule has 1 heterocycles. The van der Waals surface area contributed by atoms with Crippen LogP contribution in [0.15, 0.2) is 47.3 Å². The summed E-state index contributed by atoms with van der Waals surface area (Å²) >= 11 is 0. The summed E-state index contributed by atoms with van der Waals surface area (Å²) in [7, 11) is -3.58. The third-order valence-corrected chi connectivity index (χ3v) is 5.56. The van der Waals surface area contributed by atoms with Crippen LogP contribution in [-0.4, -0.2) is 24.3 Å². The van der Waals surface area contributed by atoms with Crippen LogP contribution in [0.4, 0.5) is 14.5 Å². The third-order valence-electron chi connectivity index (χ3n) is 4.26. The summed E-state index contributed by atoms with van der Waals surface area (Å²) in [5.41, 5.74) is 0.439. The minimum Gasteiger partial charge on any atom is -0.503 e. The predicted molar refractivity (Wildman–Crippen MR) is 108 cm³/mol. The quantitative estimate of drug-likeness (QED) is 0.543. The lowest BCUT2D eigenvalue weighted by atomic mass is 10.0. The van der Waals surface area contributed by atoms with Crippen molar-refractivity contribution in [2.24, 2.45) is 0 Å². The summed E-state index contributed by atoms with van der Waals surface area (Å²) in [6, 6.07) is 8.22. The van der Waals surface area contributed by atoms with Crippen LogP contribution in [0.1, 0.15) is 12.6 Å². The number of aromatic hydroxyl groups is 1. The van der Waals surface area contributed by atoms with Crippen molar-refractivity contribution >= 4 is 15.7 Å². The number of hydrogen-bond acceptors (Lipinski definition) is 5. The fourth-order valence-electron chi connectivity index (χ4n) is 2.71. The van der Waals surface area contributed by atoms with Gasteiger partial charge in [-0.3, -0.25) is 9.52 Å². The lowest BCUT2D eigenvalue weighted by molar-refractivity contribution is 0.439. The van der Waals surface area contributed by atoms with Crippen LogP contribution < -0.4 is 15.0 Å². The first-order valence-corrected chi connectivity index (χ1v) is 10.5. The molecule has 0 fully saturated rings. The van der Waals surface area contributed by atoms with E-state index in [1.807, 2.05) is 0 Å². The van der Waals surface area contributed by atoms with Crippen molar-refractivity contribution in [1.29, 1.82) is 0 Å². The van der Waals surface area contributed by atoms with Gasteiger partial charge in [0, 0.05) is 28.6 Å². The van der Waals surface area contributed by atoms with E-state index in [9.17, 15) is 27.1 Å². The van der Waals surface area contributed by atoms with Crippen molar-refractivity contribution in [2.45, 2.75) is 13.8 Å². The molecule has 0 radical (unpaired) electrons. The van der Waals surface area contributed by atoms with Crippen molar-refractivity contribution in [1.82, 2.24) is 4.98 Å². The second kappa shape index (κ2) is 8.15. The van der Waals surface area contributed by atoms with Crippen molar-refractivity contribution in [2.75, 3.05) is 10.5 Å². The second-order valence-corrected chi connectivity index (χ2v) is 8.43. The van der Waals surface area contributed by atoms with Crippen LogP contribution in [0.3, 0.4) is 0 Å². The van der Waals surface area contributed by atoms with Crippen LogP contribution in [0.25, 0.3) is 11.1 Å². The summed E-state index contributed by atoms with van der Waals surface area (Å²) < 4.78 is 59.1. The zero-order valence-corrected chi connectivity index (χ0v) is 16.8. The number of nitrogens with one attached hydrogen (secondary N) is 2. The molecule has 2 aromatic carbocycles. The lowest BCUT2D eigenvalue weighted by Crippen LogP contribution is -2.14. The van der Waals surface area contributed by atoms with Gasteiger partial charge in [0.2, 0.25) is 10.0 Å². The smallest absolute Gasteiger partial charge is 0.290 e. The normalized spacial score (nSPS) is 11.3. The van der Waals surface area contributed by atoms with E-state index in [1.165, 1.54) is 31.2 Å². The van der Waals surface area contributed by atoms with Crippen molar-refractivity contribution in [3.05, 3.63) is 70.1 Å². The number of hydrogen-bond donors (Lipinski definition) is 3. The molecule has 158 valence electrons. The first-order chi connectivity index (χ1) is 14.1. The van der Waals surface area contributed by atoms with Crippen LogP contribution in [0.2, 0.25) is 0 Å². The molecule has 3 aromatic rings. The van der Waals surface area contributed by atoms with E-state index in [0.717, 1.165) is 12.1 Å². The first-order valence-electron chi connectivity index (χ1n) is 8.80. The minimum atomic E-state index is -3.58. The first kappa shape index (κ1) is 21.3. The van der Waals surface area contributed by atoms with Crippen molar-refractivity contribution < 1.29 is 27.0 Å². The summed E-state index contributed by atoms with van der Waals surface area (Å²) in [4.78, 5) is 14.1. The Labute approximate surface area is 171 Å². The maximum absolute atomic E-state index is 14.1. The highest BCUT2D eigenvalue weighted by atomic mass is 32.2. The SMILES string of the molecule is CCS(=O)(=O)Nc1ccc(Oc2ccc(F)cc2F)c(-c2cc(O)c(=O)[nH]c2C)c1. The van der Waals surface area contributed by atoms with Gasteiger partial charge in [-0.1, -0.05) is 0 Å². The van der Waals surface area contributed by atoms with E-state index in [4.69, 9.17) is 4.74 Å². The molecular weight excluding hydrogens is 418 g/mol. The molecule has 0 bridgehead atoms. The molecule has 0 aliphatic rings. The van der Waals surface area contributed by atoms with Gasteiger partial charge in [-0.05, 0) is 50.2 Å². The summed E-state index contributed by atoms with van der Waals surface area (Å²) in [6.07, 6.45) is 0. The molecule has 0 spiro atoms. The topological polar surface area (TPSA) is 108 Å². The highest BCUT2D eigenvalue weighted by molar-refractivity contribution is 7.92. The van der Waals surface area contributed by atoms with E-state index in [0.29, 0.717) is 17.3 Å². The summed E-state index contributed by atoms with van der Waals surface area (Å²) in [5.74, 6) is -2.59. The average Bonchev–Trinajstić information content (AvgIpc) is 2.68. The van der Waals surface area contributed by atoms with Crippen LogP contribution in [-0.2, 0) is 10.0 Å². The molecular formula is C20H18F2N2O5S. The third kappa shape index (κ3) is 4.60. The van der Waals surface area contributed by atoms with E-state index in [1.54, 1.807) is 6.92 Å². The molecule has 0 aliphatic carbocycles. The van der Waals surface area contributed by atoms with Gasteiger partial charge in [-0.25, -0.2) is 17.2 Å². The van der Waals surface area contributed by atoms with Crippen molar-refractivity contribution in [3.8, 4) is 28.4 Å². The average molecular weight is 436 g/mol. The predicted octanol–water partition coefficient (Wildman–Crippen LogP) is 3.89. The number of rotatable bonds is 6. The Balaban J connectivity index is 2.16. The molecule has 0 saturated carbocycles. The second-order valence-electron chi connectivity index (χ2n) is 6.42. The van der Waals surface area contributed by atoms with Gasteiger partial charge in [0.1, 0.15) is 11.6 Å². The summed E-state index contributed by atoms with van der Waals surface area (Å²) in [6.45, 7) is 3.05. The standard InChI is InChI=1S/C20H18F2N2O5S/c1-3-30(27,28)24-13-5-7-18(29-19-6-4-12(21)8-16(19)22)15(9-13)14-10-17(25)20(26)23-11(14)2/h4-10,24-25H,3H2,1-2H3,(H,23,26). The molecule has 0 saturated heterocycles. The van der Waals surface area contributed by atoms with E-state index in [-0.39, 0.29) is 28.5 Å². The Hall–Kier alpha value is -3.40. The molecule has 3 N–H and O–H groups in total. The van der Waals surface area contributed by atoms with Crippen LogP contribution in [0.5, 0.6) is 17.2 Å². The Morgan fingerprint density at radius 3 is 2.43 bits per heavy atom. The van der Waals surface area contributed by atoms with E-state index in [2.05, 4.69) is 9.71 Å². The molecule has 1 aromatic heterocycles. The van der Waals surface area contributed by atoms with Crippen LogP contribution in [0, 0.1) is 18.6 Å². The monoisotopic (exact) mass is 436 g/mol. The van der Waals surface area contributed by atoms with Crippen molar-refractivity contribution in [3.63, 3.8) is 0 Å². The maximum Gasteiger partial charge on any atom is 0.290 e. The number of ether oxygens (including phenoxy) is 1. The molecule has 0 atom stereocenters. The van der Waals surface area contributed by atoms with Gasteiger partial charge in [-0.2, -0.15) is 0 Å². The molecule has 0 aliphatic heterocycles. The number of halogens is 2. The van der Waals surface area contributed by atoms with Gasteiger partial charge in [0.15, 0.2) is 17.3 Å². The van der Waals surface area contributed by atoms with E-state index >= 15 is 0 Å². The number of aromatic amines is 1. The van der Waals surface area contributed by atoms with Crippen LogP contribution >= 0.6 is 0 Å². The molecule has 0 amide bonds. The number of benzene rings is 2. The van der Waals surface area contributed by atoms with Gasteiger partial charge in [-0.15, -0.1) is 0 Å². The number of sulfonamides is 1. The number of H-pyrrole nitrogens is 1. The van der Waals surface area contributed by atoms with E-state index < -0.39 is 33.0 Å². The Kier molecular flexibility index (Phi) is 5.79. The molecule has 3 rings (SSSR count). The largest absolute Gasteiger partial charge is 0.503 e. The zero-order valence-electron chi connectivity index (χ0n) is 16.0.